The van der Waals surface area contributed by atoms with E-state index in [1.165, 1.54) is 43.5 Å². The molecule has 6 nitrogen and oxygen atoms in total. The molecule has 0 fully saturated rings. The molecule has 1 amide bonds. The molecule has 0 radical (unpaired) electrons. The lowest BCUT2D eigenvalue weighted by Crippen LogP contribution is -2.22. The Balaban J connectivity index is 1.85. The summed E-state index contributed by atoms with van der Waals surface area (Å²) in [6.45, 7) is 2.69. The van der Waals surface area contributed by atoms with Gasteiger partial charge in [0.25, 0.3) is 0 Å². The number of carbonyl (C=O) groups excluding carboxylic acids is 2. The van der Waals surface area contributed by atoms with Crippen molar-refractivity contribution in [3.8, 4) is 17.0 Å². The molecule has 0 saturated carbocycles. The van der Waals surface area contributed by atoms with Crippen molar-refractivity contribution in [3.63, 3.8) is 0 Å². The monoisotopic (exact) mass is 397 g/mol. The lowest BCUT2D eigenvalue weighted by Gasteiger charge is -2.10. The SMILES string of the molecule is CC(=O)Oc1cccc(-c2csc(N(/N=C/c3cccc(F)c3)C(C)=O)n2)c1. The Bertz CT molecular complexity index is 1050. The van der Waals surface area contributed by atoms with E-state index in [-0.39, 0.29) is 11.7 Å². The van der Waals surface area contributed by atoms with Gasteiger partial charge in [-0.25, -0.2) is 9.37 Å². The molecule has 0 atom stereocenters. The second kappa shape index (κ2) is 8.53. The molecule has 2 aromatic carbocycles. The van der Waals surface area contributed by atoms with E-state index in [2.05, 4.69) is 10.1 Å². The van der Waals surface area contributed by atoms with E-state index >= 15 is 0 Å². The van der Waals surface area contributed by atoms with E-state index in [0.29, 0.717) is 22.1 Å². The number of rotatable bonds is 5. The molecule has 142 valence electrons. The molecule has 0 spiro atoms. The zero-order valence-corrected chi connectivity index (χ0v) is 15.9. The van der Waals surface area contributed by atoms with Gasteiger partial charge < -0.3 is 4.74 Å². The van der Waals surface area contributed by atoms with Crippen molar-refractivity contribution in [2.45, 2.75) is 13.8 Å². The van der Waals surface area contributed by atoms with E-state index in [1.54, 1.807) is 35.7 Å². The van der Waals surface area contributed by atoms with Gasteiger partial charge in [-0.1, -0.05) is 24.3 Å². The Hall–Kier alpha value is -3.39. The summed E-state index contributed by atoms with van der Waals surface area (Å²) in [7, 11) is 0. The van der Waals surface area contributed by atoms with Crippen LogP contribution in [0.4, 0.5) is 9.52 Å². The average Bonchev–Trinajstić information content (AvgIpc) is 3.11. The van der Waals surface area contributed by atoms with Crippen molar-refractivity contribution in [3.05, 3.63) is 65.3 Å². The molecule has 0 N–H and O–H groups in total. The van der Waals surface area contributed by atoms with E-state index in [4.69, 9.17) is 4.74 Å². The van der Waals surface area contributed by atoms with Crippen LogP contribution in [0.5, 0.6) is 5.75 Å². The highest BCUT2D eigenvalue weighted by Gasteiger charge is 2.15. The zero-order valence-electron chi connectivity index (χ0n) is 15.1. The van der Waals surface area contributed by atoms with Gasteiger partial charge >= 0.3 is 5.97 Å². The highest BCUT2D eigenvalue weighted by atomic mass is 32.1. The van der Waals surface area contributed by atoms with Crippen LogP contribution in [-0.4, -0.2) is 23.1 Å². The number of thiazole rings is 1. The van der Waals surface area contributed by atoms with Crippen molar-refractivity contribution >= 4 is 34.6 Å². The number of halogens is 1. The van der Waals surface area contributed by atoms with E-state index < -0.39 is 5.97 Å². The molecule has 1 aromatic heterocycles. The van der Waals surface area contributed by atoms with Gasteiger partial charge in [0.1, 0.15) is 11.6 Å². The largest absolute Gasteiger partial charge is 0.427 e. The molecule has 0 unspecified atom stereocenters. The average molecular weight is 397 g/mol. The quantitative estimate of drug-likeness (QED) is 0.279. The first kappa shape index (κ1) is 19.4. The van der Waals surface area contributed by atoms with Crippen molar-refractivity contribution in [1.82, 2.24) is 4.98 Å². The number of ether oxygens (including phenoxy) is 1. The Kier molecular flexibility index (Phi) is 5.90. The van der Waals surface area contributed by atoms with Gasteiger partial charge in [0.15, 0.2) is 0 Å². The molecule has 3 aromatic rings. The van der Waals surface area contributed by atoms with Gasteiger partial charge in [0.2, 0.25) is 11.0 Å². The zero-order chi connectivity index (χ0) is 20.1. The third-order valence-corrected chi connectivity index (χ3v) is 4.35. The molecule has 1 heterocycles. The van der Waals surface area contributed by atoms with Gasteiger partial charge in [-0.3, -0.25) is 9.59 Å². The summed E-state index contributed by atoms with van der Waals surface area (Å²) in [6.07, 6.45) is 1.40. The normalized spacial score (nSPS) is 10.8. The number of carbonyl (C=O) groups is 2. The van der Waals surface area contributed by atoms with Crippen LogP contribution in [0.25, 0.3) is 11.3 Å². The van der Waals surface area contributed by atoms with Crippen LogP contribution in [0, 0.1) is 5.82 Å². The highest BCUT2D eigenvalue weighted by Crippen LogP contribution is 2.29. The summed E-state index contributed by atoms with van der Waals surface area (Å²) in [5.41, 5.74) is 1.87. The number of hydrazone groups is 1. The van der Waals surface area contributed by atoms with Crippen LogP contribution in [0.15, 0.2) is 59.0 Å². The first-order valence-electron chi connectivity index (χ1n) is 8.27. The molecular weight excluding hydrogens is 381 g/mol. The van der Waals surface area contributed by atoms with Crippen LogP contribution >= 0.6 is 11.3 Å². The van der Waals surface area contributed by atoms with Crippen molar-refractivity contribution in [2.75, 3.05) is 5.01 Å². The van der Waals surface area contributed by atoms with Gasteiger partial charge in [-0.05, 0) is 29.8 Å². The van der Waals surface area contributed by atoms with Gasteiger partial charge in [-0.2, -0.15) is 10.1 Å². The van der Waals surface area contributed by atoms with Crippen LogP contribution in [-0.2, 0) is 9.59 Å². The Morgan fingerprint density at radius 3 is 2.68 bits per heavy atom. The molecule has 0 bridgehead atoms. The van der Waals surface area contributed by atoms with Gasteiger partial charge in [-0.15, -0.1) is 11.3 Å². The first-order valence-corrected chi connectivity index (χ1v) is 9.15. The maximum Gasteiger partial charge on any atom is 0.308 e. The molecule has 0 aliphatic carbocycles. The second-order valence-electron chi connectivity index (χ2n) is 5.77. The molecular formula is C20H16FN3O3S. The summed E-state index contributed by atoms with van der Waals surface area (Å²) < 4.78 is 18.4. The highest BCUT2D eigenvalue weighted by molar-refractivity contribution is 7.14. The predicted octanol–water partition coefficient (Wildman–Crippen LogP) is 4.26. The molecule has 3 rings (SSSR count). The Labute approximate surface area is 164 Å². The predicted molar refractivity (Wildman–Crippen MR) is 106 cm³/mol. The summed E-state index contributed by atoms with van der Waals surface area (Å²) in [6, 6.07) is 12.8. The fraction of sp³-hybridized carbons (Fsp3) is 0.100. The number of hydrogen-bond acceptors (Lipinski definition) is 6. The summed E-state index contributed by atoms with van der Waals surface area (Å²) >= 11 is 1.24. The molecule has 28 heavy (non-hydrogen) atoms. The smallest absolute Gasteiger partial charge is 0.308 e. The summed E-state index contributed by atoms with van der Waals surface area (Å²) in [5, 5.41) is 7.43. The number of amides is 1. The number of aromatic nitrogens is 1. The summed E-state index contributed by atoms with van der Waals surface area (Å²) in [4.78, 5) is 27.6. The number of nitrogens with zero attached hydrogens (tertiary/aromatic N) is 3. The molecule has 0 aliphatic heterocycles. The lowest BCUT2D eigenvalue weighted by atomic mass is 10.2. The molecule has 0 saturated heterocycles. The van der Waals surface area contributed by atoms with Crippen molar-refractivity contribution < 1.29 is 18.7 Å². The van der Waals surface area contributed by atoms with Crippen LogP contribution in [0.1, 0.15) is 19.4 Å². The molecule has 8 heteroatoms. The number of anilines is 1. The maximum atomic E-state index is 13.3. The third kappa shape index (κ3) is 4.86. The fourth-order valence-electron chi connectivity index (χ4n) is 2.36. The number of hydrogen-bond donors (Lipinski definition) is 0. The van der Waals surface area contributed by atoms with E-state index in [0.717, 1.165) is 10.6 Å². The minimum atomic E-state index is -0.412. The minimum Gasteiger partial charge on any atom is -0.427 e. The Morgan fingerprint density at radius 1 is 1.18 bits per heavy atom. The van der Waals surface area contributed by atoms with E-state index in [1.807, 2.05) is 6.07 Å². The topological polar surface area (TPSA) is 71.9 Å². The number of esters is 1. The maximum absolute atomic E-state index is 13.3. The van der Waals surface area contributed by atoms with Crippen molar-refractivity contribution in [1.29, 1.82) is 0 Å². The minimum absolute atomic E-state index is 0.331. The summed E-state index contributed by atoms with van der Waals surface area (Å²) in [5.74, 6) is -0.720. The molecule has 0 aliphatic rings. The van der Waals surface area contributed by atoms with Crippen LogP contribution < -0.4 is 9.75 Å². The first-order chi connectivity index (χ1) is 13.4. The Morgan fingerprint density at radius 2 is 1.96 bits per heavy atom. The van der Waals surface area contributed by atoms with Gasteiger partial charge in [0.05, 0.1) is 11.9 Å². The standard InChI is InChI=1S/C20H16FN3O3S/c1-13(25)24(22-11-15-5-3-7-17(21)9-15)20-23-19(12-28-20)16-6-4-8-18(10-16)27-14(2)26/h3-12H,1-2H3/b22-11+. The van der Waals surface area contributed by atoms with Crippen molar-refractivity contribution in [2.24, 2.45) is 5.10 Å². The number of benzene rings is 2. The van der Waals surface area contributed by atoms with Crippen LogP contribution in [0.3, 0.4) is 0 Å². The second-order valence-corrected chi connectivity index (χ2v) is 6.60. The fourth-order valence-corrected chi connectivity index (χ4v) is 3.19. The lowest BCUT2D eigenvalue weighted by molar-refractivity contribution is -0.131. The van der Waals surface area contributed by atoms with Gasteiger partial charge in [0, 0.05) is 24.8 Å². The van der Waals surface area contributed by atoms with E-state index in [9.17, 15) is 14.0 Å². The van der Waals surface area contributed by atoms with Crippen LogP contribution in [0.2, 0.25) is 0 Å². The third-order valence-electron chi connectivity index (χ3n) is 3.53.